The van der Waals surface area contributed by atoms with Crippen LogP contribution in [-0.2, 0) is 35.6 Å². The molecule has 0 spiro atoms. The number of benzene rings is 2. The van der Waals surface area contributed by atoms with Gasteiger partial charge < -0.3 is 20.2 Å². The number of halogens is 1. The molecule has 0 bridgehead atoms. The van der Waals surface area contributed by atoms with Crippen LogP contribution in [0.5, 0.6) is 6.01 Å². The quantitative estimate of drug-likeness (QED) is 0.121. The first-order valence-electron chi connectivity index (χ1n) is 13.8. The summed E-state index contributed by atoms with van der Waals surface area (Å²) in [4.78, 5) is 38.2. The SMILES string of the molecule is CCCCOc1nc(N)c2[nH]c(=O)n(Cc3ccc(CN(CCCCl)Cc4cccc(CC(=O)OC)c4)cc3)c2n1. The van der Waals surface area contributed by atoms with Gasteiger partial charge in [0, 0.05) is 19.0 Å². The molecular formula is C30H37ClN6O4. The molecule has 4 rings (SSSR count). The van der Waals surface area contributed by atoms with Gasteiger partial charge >= 0.3 is 17.7 Å². The summed E-state index contributed by atoms with van der Waals surface area (Å²) in [6.07, 6.45) is 2.97. The molecule has 0 atom stereocenters. The lowest BCUT2D eigenvalue weighted by Crippen LogP contribution is -2.24. The van der Waals surface area contributed by atoms with E-state index in [2.05, 4.69) is 45.0 Å². The highest BCUT2D eigenvalue weighted by Crippen LogP contribution is 2.20. The molecule has 0 unspecified atom stereocenters. The first kappa shape index (κ1) is 30.1. The third kappa shape index (κ3) is 8.31. The number of alkyl halides is 1. The number of imidazole rings is 1. The normalized spacial score (nSPS) is 11.3. The number of esters is 1. The maximum absolute atomic E-state index is 12.8. The fraction of sp³-hybridized carbons (Fsp3) is 0.400. The molecule has 2 aromatic carbocycles. The van der Waals surface area contributed by atoms with E-state index in [4.69, 9.17) is 26.8 Å². The second-order valence-electron chi connectivity index (χ2n) is 9.95. The number of unbranched alkanes of at least 4 members (excludes halogenated alkanes) is 1. The van der Waals surface area contributed by atoms with Gasteiger partial charge in [0.2, 0.25) is 0 Å². The number of hydrogen-bond donors (Lipinski definition) is 2. The van der Waals surface area contributed by atoms with E-state index in [-0.39, 0.29) is 29.9 Å². The first-order chi connectivity index (χ1) is 19.9. The largest absolute Gasteiger partial charge is 0.469 e. The van der Waals surface area contributed by atoms with Crippen molar-refractivity contribution < 1.29 is 14.3 Å². The molecule has 0 aliphatic heterocycles. The molecule has 3 N–H and O–H groups in total. The van der Waals surface area contributed by atoms with Crippen molar-refractivity contribution in [2.45, 2.75) is 52.2 Å². The molecule has 0 aliphatic rings. The predicted molar refractivity (Wildman–Crippen MR) is 160 cm³/mol. The molecule has 0 aliphatic carbocycles. The number of carbonyl (C=O) groups is 1. The number of methoxy groups -OCH3 is 1. The highest BCUT2D eigenvalue weighted by molar-refractivity contribution is 6.17. The molecule has 11 heteroatoms. The molecular weight excluding hydrogens is 544 g/mol. The number of hydrogen-bond acceptors (Lipinski definition) is 8. The van der Waals surface area contributed by atoms with Crippen LogP contribution in [0.1, 0.15) is 48.4 Å². The van der Waals surface area contributed by atoms with Crippen LogP contribution >= 0.6 is 11.6 Å². The minimum Gasteiger partial charge on any atom is -0.469 e. The molecule has 218 valence electrons. The number of nitrogens with two attached hydrogens (primary N) is 1. The van der Waals surface area contributed by atoms with E-state index in [1.54, 1.807) is 4.57 Å². The lowest BCUT2D eigenvalue weighted by atomic mass is 10.1. The second-order valence-corrected chi connectivity index (χ2v) is 10.3. The van der Waals surface area contributed by atoms with Gasteiger partial charge in [0.05, 0.1) is 26.7 Å². The van der Waals surface area contributed by atoms with Gasteiger partial charge in [-0.15, -0.1) is 11.6 Å². The number of ether oxygens (including phenoxy) is 2. The Kier molecular flexibility index (Phi) is 10.8. The average Bonchev–Trinajstić information content (AvgIpc) is 3.28. The van der Waals surface area contributed by atoms with E-state index in [1.807, 2.05) is 30.3 Å². The second kappa shape index (κ2) is 14.7. The molecule has 4 aromatic rings. The minimum absolute atomic E-state index is 0.166. The molecule has 10 nitrogen and oxygen atoms in total. The maximum Gasteiger partial charge on any atom is 0.328 e. The van der Waals surface area contributed by atoms with E-state index in [0.29, 0.717) is 30.2 Å². The van der Waals surface area contributed by atoms with Crippen LogP contribution in [0.2, 0.25) is 0 Å². The number of aromatic amines is 1. The van der Waals surface area contributed by atoms with E-state index in [0.717, 1.165) is 61.2 Å². The summed E-state index contributed by atoms with van der Waals surface area (Å²) in [5, 5.41) is 0. The summed E-state index contributed by atoms with van der Waals surface area (Å²) in [5.74, 6) is 0.504. The van der Waals surface area contributed by atoms with Crippen molar-refractivity contribution in [3.8, 4) is 6.01 Å². The lowest BCUT2D eigenvalue weighted by molar-refractivity contribution is -0.139. The van der Waals surface area contributed by atoms with Crippen molar-refractivity contribution in [1.29, 1.82) is 0 Å². The number of aromatic nitrogens is 4. The zero-order valence-electron chi connectivity index (χ0n) is 23.6. The third-order valence-electron chi connectivity index (χ3n) is 6.71. The first-order valence-corrected chi connectivity index (χ1v) is 14.3. The maximum atomic E-state index is 12.8. The topological polar surface area (TPSA) is 128 Å². The lowest BCUT2D eigenvalue weighted by Gasteiger charge is -2.23. The Labute approximate surface area is 244 Å². The van der Waals surface area contributed by atoms with Gasteiger partial charge in [-0.25, -0.2) is 4.79 Å². The van der Waals surface area contributed by atoms with Crippen LogP contribution in [0, 0.1) is 0 Å². The summed E-state index contributed by atoms with van der Waals surface area (Å²) in [7, 11) is 1.40. The molecule has 0 amide bonds. The zero-order valence-corrected chi connectivity index (χ0v) is 24.3. The van der Waals surface area contributed by atoms with Gasteiger partial charge in [-0.3, -0.25) is 14.3 Å². The van der Waals surface area contributed by atoms with Crippen LogP contribution < -0.4 is 16.2 Å². The number of carbonyl (C=O) groups excluding carboxylic acids is 1. The predicted octanol–water partition coefficient (Wildman–Crippen LogP) is 4.28. The van der Waals surface area contributed by atoms with Crippen molar-refractivity contribution in [3.05, 3.63) is 81.3 Å². The van der Waals surface area contributed by atoms with Gasteiger partial charge in [-0.05, 0) is 41.6 Å². The van der Waals surface area contributed by atoms with E-state index in [1.165, 1.54) is 7.11 Å². The van der Waals surface area contributed by atoms with E-state index in [9.17, 15) is 9.59 Å². The summed E-state index contributed by atoms with van der Waals surface area (Å²) in [6, 6.07) is 16.3. The van der Waals surface area contributed by atoms with Crippen LogP contribution in [0.4, 0.5) is 5.82 Å². The standard InChI is InChI=1S/C30H37ClN6O4/c1-3-4-15-41-29-34-27(32)26-28(35-29)37(30(39)33-26)20-22-11-9-21(10-12-22)18-36(14-6-13-31)19-24-8-5-7-23(16-24)17-25(38)40-2/h5,7-12,16H,3-4,6,13-15,17-20H2,1-2H3,(H,33,39)(H2,32,34,35). The van der Waals surface area contributed by atoms with Gasteiger partial charge in [-0.2, -0.15) is 9.97 Å². The van der Waals surface area contributed by atoms with Crippen molar-refractivity contribution in [1.82, 2.24) is 24.4 Å². The summed E-state index contributed by atoms with van der Waals surface area (Å²) >= 11 is 6.01. The van der Waals surface area contributed by atoms with E-state index >= 15 is 0 Å². The third-order valence-corrected chi connectivity index (χ3v) is 6.98. The van der Waals surface area contributed by atoms with Crippen molar-refractivity contribution >= 4 is 34.6 Å². The highest BCUT2D eigenvalue weighted by Gasteiger charge is 2.15. The Hall–Kier alpha value is -3.89. The van der Waals surface area contributed by atoms with Crippen molar-refractivity contribution in [3.63, 3.8) is 0 Å². The number of nitrogens with one attached hydrogen (secondary N) is 1. The Balaban J connectivity index is 1.47. The van der Waals surface area contributed by atoms with Crippen LogP contribution in [-0.4, -0.2) is 56.5 Å². The minimum atomic E-state index is -0.308. The van der Waals surface area contributed by atoms with Crippen LogP contribution in [0.3, 0.4) is 0 Å². The average molecular weight is 581 g/mol. The van der Waals surface area contributed by atoms with Gasteiger partial charge in [0.15, 0.2) is 11.5 Å². The molecule has 41 heavy (non-hydrogen) atoms. The monoisotopic (exact) mass is 580 g/mol. The number of nitrogen functional groups attached to an aromatic ring is 1. The Bertz CT molecular complexity index is 1500. The fourth-order valence-corrected chi connectivity index (χ4v) is 4.69. The molecule has 2 aromatic heterocycles. The fourth-order valence-electron chi connectivity index (χ4n) is 4.57. The van der Waals surface area contributed by atoms with Crippen LogP contribution in [0.15, 0.2) is 53.3 Å². The number of nitrogens with zero attached hydrogens (tertiary/aromatic N) is 4. The number of fused-ring (bicyclic) bond motifs is 1. The molecule has 2 heterocycles. The summed E-state index contributed by atoms with van der Waals surface area (Å²) < 4.78 is 12.0. The number of rotatable bonds is 15. The van der Waals surface area contributed by atoms with Gasteiger partial charge in [0.1, 0.15) is 5.52 Å². The highest BCUT2D eigenvalue weighted by atomic mass is 35.5. The Morgan fingerprint density at radius 1 is 1.05 bits per heavy atom. The number of anilines is 1. The summed E-state index contributed by atoms with van der Waals surface area (Å²) in [6.45, 7) is 5.17. The smallest absolute Gasteiger partial charge is 0.328 e. The van der Waals surface area contributed by atoms with Gasteiger partial charge in [0.25, 0.3) is 0 Å². The summed E-state index contributed by atoms with van der Waals surface area (Å²) in [5.41, 5.74) is 10.7. The molecule has 0 radical (unpaired) electrons. The molecule has 0 saturated carbocycles. The molecule has 0 saturated heterocycles. The van der Waals surface area contributed by atoms with Crippen LogP contribution in [0.25, 0.3) is 11.2 Å². The Morgan fingerprint density at radius 2 is 1.78 bits per heavy atom. The van der Waals surface area contributed by atoms with Gasteiger partial charge in [-0.1, -0.05) is 61.9 Å². The molecule has 0 fully saturated rings. The number of H-pyrrole nitrogens is 1. The van der Waals surface area contributed by atoms with Crippen molar-refractivity contribution in [2.24, 2.45) is 0 Å². The Morgan fingerprint density at radius 3 is 2.51 bits per heavy atom. The van der Waals surface area contributed by atoms with E-state index < -0.39 is 0 Å². The van der Waals surface area contributed by atoms with Crippen molar-refractivity contribution in [2.75, 3.05) is 31.9 Å². The zero-order chi connectivity index (χ0) is 29.2.